The molecule has 31 heavy (non-hydrogen) atoms. The fraction of sp³-hybridized carbons (Fsp3) is 0.409. The van der Waals surface area contributed by atoms with Gasteiger partial charge in [0.25, 0.3) is 5.91 Å². The molecule has 1 aliphatic carbocycles. The summed E-state index contributed by atoms with van der Waals surface area (Å²) in [4.78, 5) is 30.5. The summed E-state index contributed by atoms with van der Waals surface area (Å²) >= 11 is 0. The zero-order valence-electron chi connectivity index (χ0n) is 17.5. The number of piperazine rings is 1. The van der Waals surface area contributed by atoms with Crippen molar-refractivity contribution < 1.29 is 9.53 Å². The molecule has 3 heterocycles. The van der Waals surface area contributed by atoms with Crippen molar-refractivity contribution in [3.8, 4) is 11.6 Å². The van der Waals surface area contributed by atoms with Gasteiger partial charge in [-0.15, -0.1) is 5.10 Å². The molecule has 5 rings (SSSR count). The fourth-order valence-corrected chi connectivity index (χ4v) is 3.74. The predicted molar refractivity (Wildman–Crippen MR) is 115 cm³/mol. The largest absolute Gasteiger partial charge is 0.478 e. The van der Waals surface area contributed by atoms with E-state index in [2.05, 4.69) is 25.0 Å². The Morgan fingerprint density at radius 1 is 1.06 bits per heavy atom. The SMILES string of the molecule is CCOc1ccnc(N2CCN(C(=O)c3nc(C4CC4)n(-c4ccccc4)n3)CC2)n1. The Bertz CT molecular complexity index is 1060. The van der Waals surface area contributed by atoms with Crippen molar-refractivity contribution in [3.63, 3.8) is 0 Å². The molecule has 0 spiro atoms. The van der Waals surface area contributed by atoms with Crippen LogP contribution < -0.4 is 9.64 Å². The van der Waals surface area contributed by atoms with Crippen LogP contribution in [-0.4, -0.2) is 68.3 Å². The van der Waals surface area contributed by atoms with E-state index in [9.17, 15) is 4.79 Å². The van der Waals surface area contributed by atoms with E-state index < -0.39 is 0 Å². The van der Waals surface area contributed by atoms with Gasteiger partial charge in [-0.1, -0.05) is 18.2 Å². The highest BCUT2D eigenvalue weighted by atomic mass is 16.5. The third-order valence-electron chi connectivity index (χ3n) is 5.53. The summed E-state index contributed by atoms with van der Waals surface area (Å²) < 4.78 is 7.30. The average molecular weight is 419 g/mol. The molecule has 1 saturated carbocycles. The number of para-hydroxylation sites is 1. The molecule has 1 aliphatic heterocycles. The molecular formula is C22H25N7O2. The van der Waals surface area contributed by atoms with Crippen LogP contribution in [0, 0.1) is 0 Å². The Morgan fingerprint density at radius 3 is 2.55 bits per heavy atom. The number of ether oxygens (including phenoxy) is 1. The lowest BCUT2D eigenvalue weighted by molar-refractivity contribution is 0.0734. The smallest absolute Gasteiger partial charge is 0.293 e. The number of nitrogens with zero attached hydrogens (tertiary/aromatic N) is 7. The Kier molecular flexibility index (Phi) is 5.23. The van der Waals surface area contributed by atoms with Crippen molar-refractivity contribution in [2.24, 2.45) is 0 Å². The zero-order valence-corrected chi connectivity index (χ0v) is 17.5. The van der Waals surface area contributed by atoms with Crippen molar-refractivity contribution in [1.82, 2.24) is 29.6 Å². The van der Waals surface area contributed by atoms with Crippen LogP contribution in [0.5, 0.6) is 5.88 Å². The van der Waals surface area contributed by atoms with Crippen LogP contribution in [0.1, 0.15) is 42.1 Å². The van der Waals surface area contributed by atoms with Gasteiger partial charge >= 0.3 is 0 Å². The Hall–Kier alpha value is -3.49. The number of amides is 1. The van der Waals surface area contributed by atoms with E-state index in [0.717, 1.165) is 24.4 Å². The van der Waals surface area contributed by atoms with Gasteiger partial charge in [-0.3, -0.25) is 4.79 Å². The minimum absolute atomic E-state index is 0.125. The number of hydrogen-bond donors (Lipinski definition) is 0. The lowest BCUT2D eigenvalue weighted by atomic mass is 10.3. The second kappa shape index (κ2) is 8.33. The van der Waals surface area contributed by atoms with Crippen LogP contribution in [0.3, 0.4) is 0 Å². The first-order chi connectivity index (χ1) is 15.2. The molecule has 9 nitrogen and oxygen atoms in total. The molecular weight excluding hydrogens is 394 g/mol. The highest BCUT2D eigenvalue weighted by Crippen LogP contribution is 2.39. The molecule has 9 heteroatoms. The molecule has 0 radical (unpaired) electrons. The minimum Gasteiger partial charge on any atom is -0.478 e. The number of carbonyl (C=O) groups is 1. The van der Waals surface area contributed by atoms with Gasteiger partial charge in [0.1, 0.15) is 5.82 Å². The second-order valence-electron chi connectivity index (χ2n) is 7.72. The number of carbonyl (C=O) groups excluding carboxylic acids is 1. The first-order valence-corrected chi connectivity index (χ1v) is 10.8. The summed E-state index contributed by atoms with van der Waals surface area (Å²) in [6.45, 7) is 4.92. The first-order valence-electron chi connectivity index (χ1n) is 10.8. The third kappa shape index (κ3) is 4.08. The molecule has 1 saturated heterocycles. The normalized spacial score (nSPS) is 16.4. The van der Waals surface area contributed by atoms with Gasteiger partial charge in [-0.05, 0) is 31.9 Å². The zero-order chi connectivity index (χ0) is 21.2. The van der Waals surface area contributed by atoms with Crippen molar-refractivity contribution in [1.29, 1.82) is 0 Å². The predicted octanol–water partition coefficient (Wildman–Crippen LogP) is 2.30. The van der Waals surface area contributed by atoms with Gasteiger partial charge in [-0.25, -0.2) is 14.6 Å². The highest BCUT2D eigenvalue weighted by molar-refractivity contribution is 5.90. The van der Waals surface area contributed by atoms with Crippen LogP contribution in [0.25, 0.3) is 5.69 Å². The Labute approximate surface area is 180 Å². The van der Waals surface area contributed by atoms with E-state index in [0.29, 0.717) is 50.5 Å². The van der Waals surface area contributed by atoms with Crippen LogP contribution in [0.2, 0.25) is 0 Å². The maximum atomic E-state index is 13.1. The monoisotopic (exact) mass is 419 g/mol. The maximum absolute atomic E-state index is 13.1. The lowest BCUT2D eigenvalue weighted by Gasteiger charge is -2.34. The number of benzene rings is 1. The van der Waals surface area contributed by atoms with E-state index in [1.807, 2.05) is 46.8 Å². The molecule has 0 unspecified atom stereocenters. The molecule has 1 amide bonds. The van der Waals surface area contributed by atoms with Gasteiger partial charge in [0.2, 0.25) is 17.7 Å². The summed E-state index contributed by atoms with van der Waals surface area (Å²) in [5.41, 5.74) is 0.937. The quantitative estimate of drug-likeness (QED) is 0.606. The second-order valence-corrected chi connectivity index (χ2v) is 7.72. The summed E-state index contributed by atoms with van der Waals surface area (Å²) in [6, 6.07) is 11.6. The van der Waals surface area contributed by atoms with Gasteiger partial charge in [0.05, 0.1) is 12.3 Å². The van der Waals surface area contributed by atoms with Crippen LogP contribution in [-0.2, 0) is 0 Å². The van der Waals surface area contributed by atoms with E-state index in [-0.39, 0.29) is 11.7 Å². The van der Waals surface area contributed by atoms with Crippen LogP contribution >= 0.6 is 0 Å². The summed E-state index contributed by atoms with van der Waals surface area (Å²) in [5.74, 6) is 2.61. The molecule has 2 fully saturated rings. The summed E-state index contributed by atoms with van der Waals surface area (Å²) in [7, 11) is 0. The molecule has 3 aromatic rings. The van der Waals surface area contributed by atoms with Crippen LogP contribution in [0.4, 0.5) is 5.95 Å². The fourth-order valence-electron chi connectivity index (χ4n) is 3.74. The summed E-state index contributed by atoms with van der Waals surface area (Å²) in [5, 5.41) is 4.59. The maximum Gasteiger partial charge on any atom is 0.293 e. The van der Waals surface area contributed by atoms with E-state index in [4.69, 9.17) is 4.74 Å². The Morgan fingerprint density at radius 2 is 1.84 bits per heavy atom. The molecule has 0 bridgehead atoms. The van der Waals surface area contributed by atoms with Crippen molar-refractivity contribution in [2.75, 3.05) is 37.7 Å². The molecule has 1 aromatic carbocycles. The third-order valence-corrected chi connectivity index (χ3v) is 5.53. The molecule has 0 N–H and O–H groups in total. The lowest BCUT2D eigenvalue weighted by Crippen LogP contribution is -2.49. The van der Waals surface area contributed by atoms with Gasteiger partial charge in [0.15, 0.2) is 0 Å². The number of anilines is 1. The van der Waals surface area contributed by atoms with Gasteiger partial charge < -0.3 is 14.5 Å². The number of aromatic nitrogens is 5. The van der Waals surface area contributed by atoms with Gasteiger partial charge in [-0.2, -0.15) is 4.98 Å². The topological polar surface area (TPSA) is 89.3 Å². The highest BCUT2D eigenvalue weighted by Gasteiger charge is 2.33. The molecule has 2 aliphatic rings. The van der Waals surface area contributed by atoms with Crippen LogP contribution in [0.15, 0.2) is 42.6 Å². The van der Waals surface area contributed by atoms with Crippen molar-refractivity contribution in [2.45, 2.75) is 25.7 Å². The van der Waals surface area contributed by atoms with E-state index >= 15 is 0 Å². The van der Waals surface area contributed by atoms with E-state index in [1.54, 1.807) is 12.3 Å². The average Bonchev–Trinajstić information content (AvgIpc) is 3.58. The van der Waals surface area contributed by atoms with Crippen molar-refractivity contribution >= 4 is 11.9 Å². The molecule has 160 valence electrons. The van der Waals surface area contributed by atoms with E-state index in [1.165, 1.54) is 0 Å². The summed E-state index contributed by atoms with van der Waals surface area (Å²) in [6.07, 6.45) is 3.89. The van der Waals surface area contributed by atoms with Crippen molar-refractivity contribution in [3.05, 3.63) is 54.2 Å². The number of hydrogen-bond acceptors (Lipinski definition) is 7. The Balaban J connectivity index is 1.29. The molecule has 2 aromatic heterocycles. The first kappa shape index (κ1) is 19.5. The number of rotatable bonds is 6. The minimum atomic E-state index is -0.125. The standard InChI is InChI=1S/C22H25N7O2/c1-2-31-18-10-11-23-22(24-18)28-14-12-27(13-15-28)21(30)19-25-20(16-8-9-16)29(26-19)17-6-4-3-5-7-17/h3-7,10-11,16H,2,8-9,12-15H2,1H3. The van der Waals surface area contributed by atoms with Gasteiger partial charge in [0, 0.05) is 44.4 Å². The molecule has 0 atom stereocenters.